The SMILES string of the molecule is CCOC(=O)C=NNc1ccc(-c2cn3cc(I)ccc3n2)cc1. The molecule has 122 valence electrons. The Kier molecular flexibility index (Phi) is 5.09. The third-order valence-corrected chi connectivity index (χ3v) is 3.88. The zero-order chi connectivity index (χ0) is 16.9. The number of esters is 1. The Hall–Kier alpha value is -2.42. The number of nitrogens with one attached hydrogen (secondary N) is 1. The van der Waals surface area contributed by atoms with Gasteiger partial charge in [0.25, 0.3) is 0 Å². The third-order valence-electron chi connectivity index (χ3n) is 3.25. The molecular formula is C17H15IN4O2. The Morgan fingerprint density at radius 3 is 2.83 bits per heavy atom. The van der Waals surface area contributed by atoms with Gasteiger partial charge in [-0.05, 0) is 53.8 Å². The van der Waals surface area contributed by atoms with E-state index in [-0.39, 0.29) is 0 Å². The number of hydrazone groups is 1. The largest absolute Gasteiger partial charge is 0.462 e. The van der Waals surface area contributed by atoms with Crippen molar-refractivity contribution in [3.05, 3.63) is 52.4 Å². The fourth-order valence-corrected chi connectivity index (χ4v) is 2.64. The zero-order valence-electron chi connectivity index (χ0n) is 12.9. The van der Waals surface area contributed by atoms with Crippen LogP contribution in [-0.2, 0) is 9.53 Å². The number of hydrogen-bond donors (Lipinski definition) is 1. The minimum atomic E-state index is -0.471. The van der Waals surface area contributed by atoms with Gasteiger partial charge < -0.3 is 9.14 Å². The number of pyridine rings is 1. The summed E-state index contributed by atoms with van der Waals surface area (Å²) >= 11 is 2.28. The Morgan fingerprint density at radius 1 is 1.29 bits per heavy atom. The topological polar surface area (TPSA) is 68.0 Å². The van der Waals surface area contributed by atoms with Crippen LogP contribution in [-0.4, -0.2) is 28.2 Å². The van der Waals surface area contributed by atoms with Gasteiger partial charge in [0.2, 0.25) is 0 Å². The third kappa shape index (κ3) is 3.91. The van der Waals surface area contributed by atoms with Crippen LogP contribution in [0.3, 0.4) is 0 Å². The second kappa shape index (κ2) is 7.43. The summed E-state index contributed by atoms with van der Waals surface area (Å²) in [7, 11) is 0. The number of ether oxygens (including phenoxy) is 1. The minimum absolute atomic E-state index is 0.331. The van der Waals surface area contributed by atoms with Gasteiger partial charge in [-0.25, -0.2) is 9.78 Å². The molecule has 0 aliphatic heterocycles. The number of carbonyl (C=O) groups is 1. The van der Waals surface area contributed by atoms with Crippen LogP contribution in [0.15, 0.2) is 53.9 Å². The summed E-state index contributed by atoms with van der Waals surface area (Å²) in [5.74, 6) is -0.471. The van der Waals surface area contributed by atoms with E-state index < -0.39 is 5.97 Å². The molecule has 0 bridgehead atoms. The molecule has 0 fully saturated rings. The first-order valence-electron chi connectivity index (χ1n) is 7.36. The van der Waals surface area contributed by atoms with E-state index in [9.17, 15) is 4.79 Å². The van der Waals surface area contributed by atoms with Crippen LogP contribution in [0, 0.1) is 3.57 Å². The number of halogens is 1. The van der Waals surface area contributed by atoms with Crippen LogP contribution in [0.5, 0.6) is 0 Å². The van der Waals surface area contributed by atoms with Crippen LogP contribution >= 0.6 is 22.6 Å². The molecule has 0 saturated carbocycles. The van der Waals surface area contributed by atoms with Crippen molar-refractivity contribution in [3.8, 4) is 11.3 Å². The highest BCUT2D eigenvalue weighted by Crippen LogP contribution is 2.21. The molecule has 0 aliphatic rings. The molecule has 1 aromatic carbocycles. The van der Waals surface area contributed by atoms with Gasteiger partial charge in [-0.15, -0.1) is 0 Å². The van der Waals surface area contributed by atoms with Crippen molar-refractivity contribution in [3.63, 3.8) is 0 Å². The summed E-state index contributed by atoms with van der Waals surface area (Å²) in [6.07, 6.45) is 5.15. The minimum Gasteiger partial charge on any atom is -0.462 e. The van der Waals surface area contributed by atoms with Crippen molar-refractivity contribution in [2.75, 3.05) is 12.0 Å². The smallest absolute Gasteiger partial charge is 0.351 e. The molecule has 0 aliphatic carbocycles. The first-order chi connectivity index (χ1) is 11.7. The summed E-state index contributed by atoms with van der Waals surface area (Å²) in [5, 5.41) is 3.84. The summed E-state index contributed by atoms with van der Waals surface area (Å²) in [6, 6.07) is 11.7. The molecule has 2 aromatic heterocycles. The number of rotatable bonds is 5. The molecule has 0 atom stereocenters. The quantitative estimate of drug-likeness (QED) is 0.289. The predicted molar refractivity (Wildman–Crippen MR) is 102 cm³/mol. The van der Waals surface area contributed by atoms with Crippen molar-refractivity contribution >= 4 is 46.1 Å². The fraction of sp³-hybridized carbons (Fsp3) is 0.118. The Morgan fingerprint density at radius 2 is 2.08 bits per heavy atom. The van der Waals surface area contributed by atoms with Gasteiger partial charge in [0.1, 0.15) is 11.9 Å². The van der Waals surface area contributed by atoms with Gasteiger partial charge in [-0.1, -0.05) is 12.1 Å². The van der Waals surface area contributed by atoms with Gasteiger partial charge in [0.05, 0.1) is 18.0 Å². The lowest BCUT2D eigenvalue weighted by atomic mass is 10.1. The molecule has 0 amide bonds. The molecule has 3 rings (SSSR count). The van der Waals surface area contributed by atoms with Crippen molar-refractivity contribution in [2.45, 2.75) is 6.92 Å². The second-order valence-electron chi connectivity index (χ2n) is 4.94. The van der Waals surface area contributed by atoms with Gasteiger partial charge in [0, 0.05) is 21.5 Å². The number of fused-ring (bicyclic) bond motifs is 1. The molecule has 2 heterocycles. The second-order valence-corrected chi connectivity index (χ2v) is 6.18. The summed E-state index contributed by atoms with van der Waals surface area (Å²) < 4.78 is 7.92. The number of benzene rings is 1. The highest BCUT2D eigenvalue weighted by Gasteiger charge is 2.04. The number of carbonyl (C=O) groups excluding carboxylic acids is 1. The molecule has 0 radical (unpaired) electrons. The molecule has 1 N–H and O–H groups in total. The standard InChI is InChI=1S/C17H15IN4O2/c1-2-24-17(23)9-19-21-14-6-3-12(4-7-14)15-11-22-10-13(18)5-8-16(22)20-15/h3-11,21H,2H2,1H3. The first kappa shape index (κ1) is 16.4. The van der Waals surface area contributed by atoms with Crippen molar-refractivity contribution in [1.29, 1.82) is 0 Å². The van der Waals surface area contributed by atoms with Crippen molar-refractivity contribution in [1.82, 2.24) is 9.38 Å². The highest BCUT2D eigenvalue weighted by molar-refractivity contribution is 14.1. The van der Waals surface area contributed by atoms with Crippen LogP contribution in [0.1, 0.15) is 6.92 Å². The number of hydrogen-bond acceptors (Lipinski definition) is 5. The van der Waals surface area contributed by atoms with Crippen LogP contribution in [0.2, 0.25) is 0 Å². The average Bonchev–Trinajstić information content (AvgIpc) is 2.99. The van der Waals surface area contributed by atoms with E-state index in [2.05, 4.69) is 38.1 Å². The van der Waals surface area contributed by atoms with E-state index in [0.717, 1.165) is 32.4 Å². The van der Waals surface area contributed by atoms with Crippen LogP contribution in [0.25, 0.3) is 16.9 Å². The van der Waals surface area contributed by atoms with Gasteiger partial charge in [-0.2, -0.15) is 5.10 Å². The first-order valence-corrected chi connectivity index (χ1v) is 8.44. The van der Waals surface area contributed by atoms with E-state index in [1.807, 2.05) is 53.2 Å². The number of imidazole rings is 1. The molecule has 0 saturated heterocycles. The Bertz CT molecular complexity index is 887. The fourth-order valence-electron chi connectivity index (χ4n) is 2.16. The molecular weight excluding hydrogens is 419 g/mol. The summed E-state index contributed by atoms with van der Waals surface area (Å²) in [5.41, 5.74) is 6.38. The van der Waals surface area contributed by atoms with Crippen LogP contribution in [0.4, 0.5) is 5.69 Å². The molecule has 24 heavy (non-hydrogen) atoms. The Labute approximate surface area is 152 Å². The maximum absolute atomic E-state index is 11.2. The molecule has 0 spiro atoms. The Balaban J connectivity index is 1.72. The summed E-state index contributed by atoms with van der Waals surface area (Å²) in [6.45, 7) is 2.08. The summed E-state index contributed by atoms with van der Waals surface area (Å²) in [4.78, 5) is 15.8. The highest BCUT2D eigenvalue weighted by atomic mass is 127. The molecule has 6 nitrogen and oxygen atoms in total. The van der Waals surface area contributed by atoms with E-state index in [0.29, 0.717) is 6.61 Å². The van der Waals surface area contributed by atoms with Gasteiger partial charge in [-0.3, -0.25) is 5.43 Å². The average molecular weight is 434 g/mol. The van der Waals surface area contributed by atoms with Gasteiger partial charge >= 0.3 is 5.97 Å². The lowest BCUT2D eigenvalue weighted by Gasteiger charge is -2.01. The van der Waals surface area contributed by atoms with E-state index in [1.165, 1.54) is 0 Å². The van der Waals surface area contributed by atoms with E-state index in [1.54, 1.807) is 6.92 Å². The number of aromatic nitrogens is 2. The van der Waals surface area contributed by atoms with Gasteiger partial charge in [0.15, 0.2) is 0 Å². The van der Waals surface area contributed by atoms with E-state index in [4.69, 9.17) is 4.74 Å². The lowest BCUT2D eigenvalue weighted by molar-refractivity contribution is -0.134. The molecule has 3 aromatic rings. The number of nitrogens with zero attached hydrogens (tertiary/aromatic N) is 3. The van der Waals surface area contributed by atoms with E-state index >= 15 is 0 Å². The zero-order valence-corrected chi connectivity index (χ0v) is 15.1. The molecule has 7 heteroatoms. The maximum Gasteiger partial charge on any atom is 0.351 e. The van der Waals surface area contributed by atoms with Crippen molar-refractivity contribution in [2.24, 2.45) is 5.10 Å². The molecule has 0 unspecified atom stereocenters. The monoisotopic (exact) mass is 434 g/mol. The lowest BCUT2D eigenvalue weighted by Crippen LogP contribution is -2.06. The number of anilines is 1. The van der Waals surface area contributed by atoms with Crippen LogP contribution < -0.4 is 5.43 Å². The predicted octanol–water partition coefficient (Wildman–Crippen LogP) is 3.57. The van der Waals surface area contributed by atoms with Crippen molar-refractivity contribution < 1.29 is 9.53 Å². The maximum atomic E-state index is 11.2. The normalized spacial score (nSPS) is 11.1.